The van der Waals surface area contributed by atoms with Gasteiger partial charge in [-0.2, -0.15) is 0 Å². The Bertz CT molecular complexity index is 4170. The molecule has 15 aromatic rings. The van der Waals surface area contributed by atoms with Gasteiger partial charge < -0.3 is 0 Å². The molecule has 4 aromatic heterocycles. The molecule has 0 nitrogen and oxygen atoms in total. The van der Waals surface area contributed by atoms with Crippen LogP contribution in [0.1, 0.15) is 0 Å². The quantitative estimate of drug-likeness (QED) is 0.120. The molecular weight excluding hydrogens is 825 g/mol. The van der Waals surface area contributed by atoms with Crippen LogP contribution in [0.2, 0.25) is 0 Å². The molecule has 0 aliphatic carbocycles. The molecule has 15 rings (SSSR count). The number of thiophene rings is 4. The number of hydrogen-bond acceptors (Lipinski definition) is 4. The summed E-state index contributed by atoms with van der Waals surface area (Å²) >= 11 is 7.65. The lowest BCUT2D eigenvalue weighted by atomic mass is 9.87. The van der Waals surface area contributed by atoms with Crippen molar-refractivity contribution in [3.8, 4) is 22.3 Å². The van der Waals surface area contributed by atoms with Crippen molar-refractivity contribution >= 4 is 169 Å². The molecule has 0 unspecified atom stereocenters. The van der Waals surface area contributed by atoms with Gasteiger partial charge in [0.1, 0.15) is 0 Å². The van der Waals surface area contributed by atoms with Crippen molar-refractivity contribution in [1.29, 1.82) is 0 Å². The molecule has 11 aromatic carbocycles. The Labute approximate surface area is 370 Å². The molecule has 0 N–H and O–H groups in total. The zero-order chi connectivity index (χ0) is 40.2. The van der Waals surface area contributed by atoms with Crippen LogP contribution in [0.4, 0.5) is 0 Å². The predicted octanol–water partition coefficient (Wildman–Crippen LogP) is 19.1. The summed E-state index contributed by atoms with van der Waals surface area (Å²) in [5.74, 6) is 0. The molecule has 0 atom stereocenters. The Morgan fingerprint density at radius 3 is 1.00 bits per heavy atom. The van der Waals surface area contributed by atoms with Gasteiger partial charge in [-0.3, -0.25) is 0 Å². The maximum absolute atomic E-state index is 2.51. The predicted molar refractivity (Wildman–Crippen MR) is 279 cm³/mol. The Morgan fingerprint density at radius 1 is 0.194 bits per heavy atom. The molecule has 4 heteroatoms. The lowest BCUT2D eigenvalue weighted by molar-refractivity contribution is 1.76. The van der Waals surface area contributed by atoms with Gasteiger partial charge in [-0.25, -0.2) is 0 Å². The van der Waals surface area contributed by atoms with Crippen LogP contribution in [0.3, 0.4) is 0 Å². The molecular formula is C58H30S4. The third-order valence-electron chi connectivity index (χ3n) is 13.4. The van der Waals surface area contributed by atoms with Crippen molar-refractivity contribution in [3.05, 3.63) is 182 Å². The van der Waals surface area contributed by atoms with E-state index in [2.05, 4.69) is 182 Å². The van der Waals surface area contributed by atoms with Crippen molar-refractivity contribution in [2.45, 2.75) is 0 Å². The van der Waals surface area contributed by atoms with Crippen molar-refractivity contribution in [3.63, 3.8) is 0 Å². The Kier molecular flexibility index (Phi) is 6.84. The van der Waals surface area contributed by atoms with Gasteiger partial charge in [0, 0.05) is 91.8 Å². The zero-order valence-corrected chi connectivity index (χ0v) is 36.2. The summed E-state index contributed by atoms with van der Waals surface area (Å²) in [6, 6.07) is 69.4. The number of benzene rings is 11. The van der Waals surface area contributed by atoms with Gasteiger partial charge in [-0.15, -0.1) is 45.3 Å². The number of rotatable bonds is 2. The molecule has 0 amide bonds. The van der Waals surface area contributed by atoms with Gasteiger partial charge in [0.05, 0.1) is 0 Å². The van der Waals surface area contributed by atoms with E-state index in [9.17, 15) is 0 Å². The lowest BCUT2D eigenvalue weighted by Gasteiger charge is -2.16. The number of fused-ring (bicyclic) bond motifs is 18. The van der Waals surface area contributed by atoms with E-state index in [1.54, 1.807) is 0 Å². The first-order chi connectivity index (χ1) is 30.7. The fourth-order valence-electron chi connectivity index (χ4n) is 10.6. The van der Waals surface area contributed by atoms with Crippen LogP contribution in [-0.4, -0.2) is 0 Å². The number of hydrogen-bond donors (Lipinski definition) is 0. The van der Waals surface area contributed by atoms with Crippen molar-refractivity contribution in [2.75, 3.05) is 0 Å². The van der Waals surface area contributed by atoms with Crippen molar-refractivity contribution in [1.82, 2.24) is 0 Å². The monoisotopic (exact) mass is 854 g/mol. The van der Waals surface area contributed by atoms with Gasteiger partial charge in [-0.1, -0.05) is 109 Å². The van der Waals surface area contributed by atoms with Gasteiger partial charge in [-0.05, 0) is 127 Å². The molecule has 0 fully saturated rings. The minimum Gasteiger partial charge on any atom is -0.135 e. The Morgan fingerprint density at radius 2 is 0.565 bits per heavy atom. The second kappa shape index (κ2) is 12.5. The summed E-state index contributed by atoms with van der Waals surface area (Å²) in [5.41, 5.74) is 5.20. The third-order valence-corrected chi connectivity index (χ3v) is 18.1. The second-order valence-electron chi connectivity index (χ2n) is 16.7. The fraction of sp³-hybridized carbons (Fsp3) is 0. The topological polar surface area (TPSA) is 0 Å². The van der Waals surface area contributed by atoms with E-state index in [1.165, 1.54) is 146 Å². The molecule has 286 valence electrons. The smallest absolute Gasteiger partial charge is 0.0434 e. The normalized spacial score (nSPS) is 12.5. The molecule has 0 aliphatic rings. The molecule has 62 heavy (non-hydrogen) atoms. The van der Waals surface area contributed by atoms with Crippen molar-refractivity contribution in [2.24, 2.45) is 0 Å². The van der Waals surface area contributed by atoms with E-state index in [4.69, 9.17) is 0 Å². The van der Waals surface area contributed by atoms with E-state index in [0.29, 0.717) is 0 Å². The lowest BCUT2D eigenvalue weighted by Crippen LogP contribution is -1.89. The Hall–Kier alpha value is -6.66. The second-order valence-corrected chi connectivity index (χ2v) is 21.0. The summed E-state index contributed by atoms with van der Waals surface area (Å²) in [4.78, 5) is 0. The molecule has 0 saturated carbocycles. The van der Waals surface area contributed by atoms with Gasteiger partial charge >= 0.3 is 0 Å². The van der Waals surface area contributed by atoms with E-state index in [-0.39, 0.29) is 0 Å². The molecule has 0 bridgehead atoms. The maximum Gasteiger partial charge on any atom is 0.0434 e. The van der Waals surface area contributed by atoms with Crippen LogP contribution >= 0.6 is 45.3 Å². The van der Waals surface area contributed by atoms with E-state index >= 15 is 0 Å². The maximum atomic E-state index is 2.51. The highest BCUT2D eigenvalue weighted by atomic mass is 32.1. The third kappa shape index (κ3) is 4.65. The van der Waals surface area contributed by atoms with E-state index in [0.717, 1.165) is 0 Å². The molecule has 0 saturated heterocycles. The summed E-state index contributed by atoms with van der Waals surface area (Å²) in [5, 5.41) is 21.0. The minimum atomic E-state index is 1.27. The van der Waals surface area contributed by atoms with Gasteiger partial charge in [0.2, 0.25) is 0 Å². The largest absolute Gasteiger partial charge is 0.135 e. The fourth-order valence-corrected chi connectivity index (χ4v) is 15.3. The standard InChI is InChI=1S/C58H30S4/c1-7-21-53-33(11-1)37-15-9-17-39(57(37)61-53)43-25-31-23-42-32(24-41(31)47-29-55-49(27-45(43)47)35-13-3-5-19-51(35)59-55)26-44(40-18-10-16-38-34-12-2-8-22-54(34)62-58(38)40)46-28-50-36-14-4-6-20-52(36)60-56(50)30-48(42)46/h1-30H. The van der Waals surface area contributed by atoms with Crippen LogP contribution in [0.5, 0.6) is 0 Å². The van der Waals surface area contributed by atoms with Crippen LogP contribution in [0.25, 0.3) is 146 Å². The van der Waals surface area contributed by atoms with Crippen LogP contribution in [-0.2, 0) is 0 Å². The molecule has 0 spiro atoms. The van der Waals surface area contributed by atoms with Gasteiger partial charge in [0.25, 0.3) is 0 Å². The zero-order valence-electron chi connectivity index (χ0n) is 33.0. The van der Waals surface area contributed by atoms with Gasteiger partial charge in [0.15, 0.2) is 0 Å². The van der Waals surface area contributed by atoms with E-state index < -0.39 is 0 Å². The molecule has 0 radical (unpaired) electrons. The SMILES string of the molecule is c1ccc2c(c1)sc1cc3c(cc12)c(-c1cccc2c1sc1ccccc12)cc1cc2c(cc(-c4cccc5c4sc4ccccc45)c4cc5c(cc42)sc2ccccc25)cc13. The summed E-state index contributed by atoms with van der Waals surface area (Å²) in [6.45, 7) is 0. The van der Waals surface area contributed by atoms with Crippen LogP contribution < -0.4 is 0 Å². The highest BCUT2D eigenvalue weighted by Crippen LogP contribution is 2.50. The average molecular weight is 855 g/mol. The average Bonchev–Trinajstić information content (AvgIpc) is 4.09. The van der Waals surface area contributed by atoms with E-state index in [1.807, 2.05) is 45.3 Å². The van der Waals surface area contributed by atoms with Crippen LogP contribution in [0.15, 0.2) is 182 Å². The summed E-state index contributed by atoms with van der Waals surface area (Å²) in [7, 11) is 0. The highest BCUT2D eigenvalue weighted by molar-refractivity contribution is 7.27. The highest BCUT2D eigenvalue weighted by Gasteiger charge is 2.20. The first kappa shape index (κ1) is 34.0. The molecule has 4 heterocycles. The van der Waals surface area contributed by atoms with Crippen LogP contribution in [0, 0.1) is 0 Å². The molecule has 0 aliphatic heterocycles. The minimum absolute atomic E-state index is 1.27. The first-order valence-corrected chi connectivity index (χ1v) is 24.3. The summed E-state index contributed by atoms with van der Waals surface area (Å²) < 4.78 is 10.7. The van der Waals surface area contributed by atoms with Crippen molar-refractivity contribution < 1.29 is 0 Å². The Balaban J connectivity index is 1.10. The first-order valence-electron chi connectivity index (χ1n) is 21.0. The summed E-state index contributed by atoms with van der Waals surface area (Å²) in [6.07, 6.45) is 0.